The molecule has 2 heterocycles. The van der Waals surface area contributed by atoms with Gasteiger partial charge < -0.3 is 4.74 Å². The van der Waals surface area contributed by atoms with Crippen LogP contribution in [-0.4, -0.2) is 29.3 Å². The third kappa shape index (κ3) is 3.25. The summed E-state index contributed by atoms with van der Waals surface area (Å²) in [7, 11) is 0. The molecule has 3 aromatic rings. The van der Waals surface area contributed by atoms with E-state index in [0.717, 1.165) is 31.0 Å². The first-order chi connectivity index (χ1) is 11.8. The van der Waals surface area contributed by atoms with E-state index in [4.69, 9.17) is 9.72 Å². The van der Waals surface area contributed by atoms with E-state index >= 15 is 0 Å². The highest BCUT2D eigenvalue weighted by Gasteiger charge is 2.17. The summed E-state index contributed by atoms with van der Waals surface area (Å²) in [4.78, 5) is 8.42. The van der Waals surface area contributed by atoms with Crippen LogP contribution < -0.4 is 4.74 Å². The molecule has 4 rings (SSSR count). The Morgan fingerprint density at radius 1 is 1.12 bits per heavy atom. The van der Waals surface area contributed by atoms with Crippen molar-refractivity contribution in [3.63, 3.8) is 0 Å². The molecule has 4 heteroatoms. The number of benzene rings is 2. The normalized spacial score (nSPS) is 14.9. The zero-order chi connectivity index (χ0) is 16.4. The molecule has 0 fully saturated rings. The lowest BCUT2D eigenvalue weighted by molar-refractivity contribution is 0.217. The zero-order valence-corrected chi connectivity index (χ0v) is 14.6. The van der Waals surface area contributed by atoms with Gasteiger partial charge >= 0.3 is 0 Å². The topological polar surface area (TPSA) is 25.4 Å². The standard InChI is InChI=1S/C20H20N2OS/c1-24-18-8-7-16-11-17-14-22(13-15-5-3-2-4-6-15)9-10-23-20(17)21-19(16)12-18/h2-8,11-12H,9-10,13-14H2,1H3. The molecule has 1 aromatic heterocycles. The van der Waals surface area contributed by atoms with E-state index in [9.17, 15) is 0 Å². The third-order valence-electron chi connectivity index (χ3n) is 4.35. The predicted octanol–water partition coefficient (Wildman–Crippen LogP) is 4.35. The van der Waals surface area contributed by atoms with Gasteiger partial charge in [0.15, 0.2) is 0 Å². The van der Waals surface area contributed by atoms with Crippen LogP contribution in [0.15, 0.2) is 59.5 Å². The molecule has 1 aliphatic rings. The molecule has 0 saturated heterocycles. The Morgan fingerprint density at radius 2 is 2.00 bits per heavy atom. The fraction of sp³-hybridized carbons (Fsp3) is 0.250. The van der Waals surface area contributed by atoms with Crippen LogP contribution in [0.3, 0.4) is 0 Å². The van der Waals surface area contributed by atoms with Crippen LogP contribution in [0.25, 0.3) is 10.9 Å². The first-order valence-electron chi connectivity index (χ1n) is 8.18. The number of thioether (sulfide) groups is 1. The van der Waals surface area contributed by atoms with Gasteiger partial charge in [0.25, 0.3) is 0 Å². The molecule has 3 nitrogen and oxygen atoms in total. The Balaban J connectivity index is 1.63. The summed E-state index contributed by atoms with van der Waals surface area (Å²) in [5.74, 6) is 0.788. The molecule has 0 spiro atoms. The van der Waals surface area contributed by atoms with Crippen LogP contribution >= 0.6 is 11.8 Å². The van der Waals surface area contributed by atoms with Crippen molar-refractivity contribution in [2.45, 2.75) is 18.0 Å². The molecule has 0 saturated carbocycles. The molecule has 0 N–H and O–H groups in total. The number of rotatable bonds is 3. The first-order valence-corrected chi connectivity index (χ1v) is 9.41. The maximum Gasteiger partial charge on any atom is 0.218 e. The fourth-order valence-corrected chi connectivity index (χ4v) is 3.54. The summed E-state index contributed by atoms with van der Waals surface area (Å²) in [6.07, 6.45) is 2.09. The minimum atomic E-state index is 0.681. The van der Waals surface area contributed by atoms with Crippen molar-refractivity contribution < 1.29 is 4.74 Å². The second-order valence-electron chi connectivity index (χ2n) is 6.06. The minimum absolute atomic E-state index is 0.681. The molecule has 0 amide bonds. The summed E-state index contributed by atoms with van der Waals surface area (Å²) in [5, 5.41) is 1.18. The lowest BCUT2D eigenvalue weighted by atomic mass is 10.1. The van der Waals surface area contributed by atoms with E-state index < -0.39 is 0 Å². The van der Waals surface area contributed by atoms with Gasteiger partial charge in [-0.05, 0) is 30.0 Å². The summed E-state index contributed by atoms with van der Waals surface area (Å²) in [6.45, 7) is 3.41. The fourth-order valence-electron chi connectivity index (χ4n) is 3.11. The average molecular weight is 336 g/mol. The van der Waals surface area contributed by atoms with Gasteiger partial charge in [0.1, 0.15) is 6.61 Å². The summed E-state index contributed by atoms with van der Waals surface area (Å²) in [6, 6.07) is 19.3. The maximum absolute atomic E-state index is 5.94. The molecule has 0 unspecified atom stereocenters. The van der Waals surface area contributed by atoms with Gasteiger partial charge in [0.05, 0.1) is 5.52 Å². The van der Waals surface area contributed by atoms with Crippen molar-refractivity contribution in [3.8, 4) is 5.88 Å². The average Bonchev–Trinajstić information content (AvgIpc) is 2.81. The lowest BCUT2D eigenvalue weighted by Gasteiger charge is -2.19. The summed E-state index contributed by atoms with van der Waals surface area (Å²) < 4.78 is 5.94. The SMILES string of the molecule is CSc1ccc2cc3c(nc2c1)OCCN(Cc1ccccc1)C3. The zero-order valence-electron chi connectivity index (χ0n) is 13.7. The van der Waals surface area contributed by atoms with Crippen molar-refractivity contribution in [1.82, 2.24) is 9.88 Å². The van der Waals surface area contributed by atoms with Crippen molar-refractivity contribution in [2.24, 2.45) is 0 Å². The van der Waals surface area contributed by atoms with E-state index in [0.29, 0.717) is 6.61 Å². The maximum atomic E-state index is 5.94. The molecule has 2 aromatic carbocycles. The lowest BCUT2D eigenvalue weighted by Crippen LogP contribution is -2.25. The largest absolute Gasteiger partial charge is 0.476 e. The Morgan fingerprint density at radius 3 is 2.83 bits per heavy atom. The van der Waals surface area contributed by atoms with Gasteiger partial charge in [0, 0.05) is 35.5 Å². The Kier molecular flexibility index (Phi) is 4.41. The highest BCUT2D eigenvalue weighted by atomic mass is 32.2. The Bertz CT molecular complexity index is 851. The Labute approximate surface area is 146 Å². The van der Waals surface area contributed by atoms with E-state index in [2.05, 4.69) is 65.8 Å². The highest BCUT2D eigenvalue weighted by Crippen LogP contribution is 2.28. The second-order valence-corrected chi connectivity index (χ2v) is 6.94. The van der Waals surface area contributed by atoms with Gasteiger partial charge in [-0.1, -0.05) is 36.4 Å². The van der Waals surface area contributed by atoms with Gasteiger partial charge in [-0.2, -0.15) is 0 Å². The number of pyridine rings is 1. The second kappa shape index (κ2) is 6.83. The van der Waals surface area contributed by atoms with E-state index in [-0.39, 0.29) is 0 Å². The number of fused-ring (bicyclic) bond motifs is 2. The molecule has 0 radical (unpaired) electrons. The molecule has 24 heavy (non-hydrogen) atoms. The smallest absolute Gasteiger partial charge is 0.218 e. The van der Waals surface area contributed by atoms with Crippen LogP contribution in [0.1, 0.15) is 11.1 Å². The van der Waals surface area contributed by atoms with Crippen molar-refractivity contribution in [3.05, 3.63) is 65.7 Å². The van der Waals surface area contributed by atoms with Gasteiger partial charge in [-0.15, -0.1) is 11.8 Å². The number of hydrogen-bond donors (Lipinski definition) is 0. The molecule has 0 aliphatic carbocycles. The predicted molar refractivity (Wildman–Crippen MR) is 99.6 cm³/mol. The molecule has 0 atom stereocenters. The van der Waals surface area contributed by atoms with Crippen LogP contribution in [0.4, 0.5) is 0 Å². The van der Waals surface area contributed by atoms with Crippen LogP contribution in [0.5, 0.6) is 5.88 Å². The molecular weight excluding hydrogens is 316 g/mol. The number of nitrogens with zero attached hydrogens (tertiary/aromatic N) is 2. The molecular formula is C20H20N2OS. The minimum Gasteiger partial charge on any atom is -0.476 e. The van der Waals surface area contributed by atoms with Gasteiger partial charge in [0.2, 0.25) is 5.88 Å². The van der Waals surface area contributed by atoms with Crippen LogP contribution in [-0.2, 0) is 13.1 Å². The summed E-state index contributed by atoms with van der Waals surface area (Å²) >= 11 is 1.74. The third-order valence-corrected chi connectivity index (χ3v) is 5.08. The highest BCUT2D eigenvalue weighted by molar-refractivity contribution is 7.98. The van der Waals surface area contributed by atoms with E-state index in [1.165, 1.54) is 21.4 Å². The molecule has 1 aliphatic heterocycles. The number of ether oxygens (including phenoxy) is 1. The Hall–Kier alpha value is -2.04. The molecule has 0 bridgehead atoms. The number of hydrogen-bond acceptors (Lipinski definition) is 4. The number of aromatic nitrogens is 1. The summed E-state index contributed by atoms with van der Waals surface area (Å²) in [5.41, 5.74) is 3.52. The van der Waals surface area contributed by atoms with E-state index in [1.54, 1.807) is 11.8 Å². The van der Waals surface area contributed by atoms with E-state index in [1.807, 2.05) is 0 Å². The van der Waals surface area contributed by atoms with Crippen LogP contribution in [0, 0.1) is 0 Å². The quantitative estimate of drug-likeness (QED) is 0.664. The monoisotopic (exact) mass is 336 g/mol. The first kappa shape index (κ1) is 15.5. The van der Waals surface area contributed by atoms with Crippen molar-refractivity contribution in [1.29, 1.82) is 0 Å². The molecule has 122 valence electrons. The van der Waals surface area contributed by atoms with Crippen molar-refractivity contribution >= 4 is 22.7 Å². The van der Waals surface area contributed by atoms with Crippen molar-refractivity contribution in [2.75, 3.05) is 19.4 Å². The van der Waals surface area contributed by atoms with Crippen LogP contribution in [0.2, 0.25) is 0 Å². The van der Waals surface area contributed by atoms with Gasteiger partial charge in [-0.25, -0.2) is 4.98 Å². The van der Waals surface area contributed by atoms with Gasteiger partial charge in [-0.3, -0.25) is 4.90 Å².